The SMILES string of the molecule is O=C(NCCc1ccccn1)C1CC12CCN(Cc1cnc(-c3ccccc3)s1)CC2. The molecule has 31 heavy (non-hydrogen) atoms. The van der Waals surface area contributed by atoms with Crippen LogP contribution in [0.15, 0.2) is 60.9 Å². The quantitative estimate of drug-likeness (QED) is 0.609. The number of carbonyl (C=O) groups is 1. The standard InChI is InChI=1S/C25H28N4OS/c30-23(27-13-9-20-8-4-5-12-26-20)22-16-25(22)10-14-29(15-11-25)18-21-17-28-24(31-21)19-6-2-1-3-7-19/h1-8,12,17,22H,9-11,13-16,18H2,(H,27,30). The van der Waals surface area contributed by atoms with E-state index < -0.39 is 0 Å². The molecule has 3 aromatic rings. The molecule has 5 nitrogen and oxygen atoms in total. The van der Waals surface area contributed by atoms with Crippen LogP contribution in [0.25, 0.3) is 10.6 Å². The highest BCUT2D eigenvalue weighted by atomic mass is 32.1. The van der Waals surface area contributed by atoms with Crippen LogP contribution in [0.4, 0.5) is 0 Å². The van der Waals surface area contributed by atoms with E-state index in [1.165, 1.54) is 10.4 Å². The number of nitrogens with one attached hydrogen (secondary N) is 1. The van der Waals surface area contributed by atoms with E-state index in [4.69, 9.17) is 0 Å². The van der Waals surface area contributed by atoms with Crippen LogP contribution in [-0.4, -0.2) is 40.4 Å². The summed E-state index contributed by atoms with van der Waals surface area (Å²) in [7, 11) is 0. The molecule has 1 unspecified atom stereocenters. The van der Waals surface area contributed by atoms with Gasteiger partial charge in [0.05, 0.1) is 0 Å². The van der Waals surface area contributed by atoms with Crippen LogP contribution in [0.5, 0.6) is 0 Å². The fourth-order valence-corrected chi connectivity index (χ4v) is 5.69. The summed E-state index contributed by atoms with van der Waals surface area (Å²) in [5.41, 5.74) is 2.46. The number of aromatic nitrogens is 2. The number of nitrogens with zero attached hydrogens (tertiary/aromatic N) is 3. The minimum Gasteiger partial charge on any atom is -0.355 e. The van der Waals surface area contributed by atoms with Gasteiger partial charge < -0.3 is 5.32 Å². The van der Waals surface area contributed by atoms with E-state index >= 15 is 0 Å². The molecular formula is C25H28N4OS. The van der Waals surface area contributed by atoms with Crippen molar-refractivity contribution in [2.45, 2.75) is 32.2 Å². The molecule has 2 aliphatic rings. The van der Waals surface area contributed by atoms with E-state index in [1.54, 1.807) is 17.5 Å². The summed E-state index contributed by atoms with van der Waals surface area (Å²) in [5, 5.41) is 4.23. The van der Waals surface area contributed by atoms with Gasteiger partial charge in [-0.2, -0.15) is 0 Å². The number of thiazole rings is 1. The zero-order valence-corrected chi connectivity index (χ0v) is 18.5. The fourth-order valence-electron chi connectivity index (χ4n) is 4.73. The van der Waals surface area contributed by atoms with Crippen molar-refractivity contribution < 1.29 is 4.79 Å². The molecule has 1 spiro atoms. The summed E-state index contributed by atoms with van der Waals surface area (Å²) >= 11 is 1.79. The molecule has 1 saturated carbocycles. The molecule has 3 heterocycles. The highest BCUT2D eigenvalue weighted by Crippen LogP contribution is 2.59. The summed E-state index contributed by atoms with van der Waals surface area (Å²) < 4.78 is 0. The summed E-state index contributed by atoms with van der Waals surface area (Å²) in [4.78, 5) is 25.4. The molecule has 1 atom stereocenters. The minimum absolute atomic E-state index is 0.200. The summed E-state index contributed by atoms with van der Waals surface area (Å²) in [6, 6.07) is 16.3. The molecule has 1 amide bonds. The van der Waals surface area contributed by atoms with E-state index in [-0.39, 0.29) is 17.2 Å². The first-order valence-electron chi connectivity index (χ1n) is 11.1. The predicted octanol–water partition coefficient (Wildman–Crippen LogP) is 4.17. The number of rotatable bonds is 7. The van der Waals surface area contributed by atoms with Crippen molar-refractivity contribution in [1.29, 1.82) is 0 Å². The monoisotopic (exact) mass is 432 g/mol. The second-order valence-electron chi connectivity index (χ2n) is 8.76. The van der Waals surface area contributed by atoms with E-state index in [2.05, 4.69) is 44.5 Å². The van der Waals surface area contributed by atoms with Crippen LogP contribution in [0, 0.1) is 11.3 Å². The lowest BCUT2D eigenvalue weighted by atomic mass is 9.90. The van der Waals surface area contributed by atoms with Crippen molar-refractivity contribution in [2.75, 3.05) is 19.6 Å². The maximum Gasteiger partial charge on any atom is 0.223 e. The Labute approximate surface area is 187 Å². The topological polar surface area (TPSA) is 58.1 Å². The molecule has 1 N–H and O–H groups in total. The van der Waals surface area contributed by atoms with E-state index in [0.29, 0.717) is 6.54 Å². The third kappa shape index (κ3) is 4.70. The number of amides is 1. The Bertz CT molecular complexity index is 1010. The van der Waals surface area contributed by atoms with E-state index in [1.807, 2.05) is 30.5 Å². The Morgan fingerprint density at radius 2 is 1.90 bits per heavy atom. The van der Waals surface area contributed by atoms with Gasteiger partial charge in [0, 0.05) is 54.0 Å². The molecule has 2 aromatic heterocycles. The van der Waals surface area contributed by atoms with Gasteiger partial charge in [-0.05, 0) is 49.9 Å². The first-order chi connectivity index (χ1) is 15.2. The van der Waals surface area contributed by atoms with Crippen LogP contribution in [0.1, 0.15) is 29.8 Å². The lowest BCUT2D eigenvalue weighted by Gasteiger charge is -2.32. The number of pyridine rings is 1. The van der Waals surface area contributed by atoms with Crippen molar-refractivity contribution in [2.24, 2.45) is 11.3 Å². The Balaban J connectivity index is 1.07. The predicted molar refractivity (Wildman–Crippen MR) is 124 cm³/mol. The van der Waals surface area contributed by atoms with Gasteiger partial charge in [-0.15, -0.1) is 11.3 Å². The van der Waals surface area contributed by atoms with Crippen LogP contribution < -0.4 is 5.32 Å². The summed E-state index contributed by atoms with van der Waals surface area (Å²) in [6.45, 7) is 3.76. The molecule has 1 aromatic carbocycles. The minimum atomic E-state index is 0.200. The highest BCUT2D eigenvalue weighted by molar-refractivity contribution is 7.15. The zero-order chi connectivity index (χ0) is 21.1. The molecule has 160 valence electrons. The van der Waals surface area contributed by atoms with Crippen LogP contribution >= 0.6 is 11.3 Å². The van der Waals surface area contributed by atoms with Gasteiger partial charge in [0.1, 0.15) is 5.01 Å². The normalized spacial score (nSPS) is 19.9. The van der Waals surface area contributed by atoms with Crippen molar-refractivity contribution in [3.8, 4) is 10.6 Å². The molecule has 5 rings (SSSR count). The average Bonchev–Trinajstić information content (AvgIpc) is 3.31. The molecule has 1 saturated heterocycles. The zero-order valence-electron chi connectivity index (χ0n) is 17.7. The maximum atomic E-state index is 12.6. The number of likely N-dealkylation sites (tertiary alicyclic amines) is 1. The van der Waals surface area contributed by atoms with Gasteiger partial charge >= 0.3 is 0 Å². The number of benzene rings is 1. The molecule has 0 radical (unpaired) electrons. The number of hydrogen-bond acceptors (Lipinski definition) is 5. The van der Waals surface area contributed by atoms with Crippen LogP contribution in [0.3, 0.4) is 0 Å². The number of hydrogen-bond donors (Lipinski definition) is 1. The molecule has 1 aliphatic heterocycles. The molecule has 2 fully saturated rings. The maximum absolute atomic E-state index is 12.6. The van der Waals surface area contributed by atoms with Crippen molar-refractivity contribution in [1.82, 2.24) is 20.2 Å². The Morgan fingerprint density at radius 1 is 1.10 bits per heavy atom. The van der Waals surface area contributed by atoms with Gasteiger partial charge in [-0.1, -0.05) is 36.4 Å². The molecule has 6 heteroatoms. The second kappa shape index (κ2) is 8.89. The van der Waals surface area contributed by atoms with Gasteiger partial charge in [-0.25, -0.2) is 4.98 Å². The Hall–Kier alpha value is -2.57. The van der Waals surface area contributed by atoms with Gasteiger partial charge in [-0.3, -0.25) is 14.7 Å². The highest BCUT2D eigenvalue weighted by Gasteiger charge is 2.58. The van der Waals surface area contributed by atoms with Gasteiger partial charge in [0.15, 0.2) is 0 Å². The Morgan fingerprint density at radius 3 is 2.68 bits per heavy atom. The first-order valence-corrected chi connectivity index (χ1v) is 11.9. The lowest BCUT2D eigenvalue weighted by molar-refractivity contribution is -0.123. The lowest BCUT2D eigenvalue weighted by Crippen LogP contribution is -2.37. The van der Waals surface area contributed by atoms with Gasteiger partial charge in [0.2, 0.25) is 5.91 Å². The smallest absolute Gasteiger partial charge is 0.223 e. The van der Waals surface area contributed by atoms with Crippen LogP contribution in [0.2, 0.25) is 0 Å². The summed E-state index contributed by atoms with van der Waals surface area (Å²) in [5.74, 6) is 0.436. The second-order valence-corrected chi connectivity index (χ2v) is 9.87. The largest absolute Gasteiger partial charge is 0.355 e. The van der Waals surface area contributed by atoms with Crippen molar-refractivity contribution in [3.05, 3.63) is 71.5 Å². The first kappa shape index (κ1) is 20.3. The fraction of sp³-hybridized carbons (Fsp3) is 0.400. The molecule has 0 bridgehead atoms. The third-order valence-electron chi connectivity index (χ3n) is 6.72. The number of carbonyl (C=O) groups excluding carboxylic acids is 1. The number of piperidine rings is 1. The third-order valence-corrected chi connectivity index (χ3v) is 7.75. The van der Waals surface area contributed by atoms with Crippen molar-refractivity contribution in [3.63, 3.8) is 0 Å². The molecular weight excluding hydrogens is 404 g/mol. The van der Waals surface area contributed by atoms with Gasteiger partial charge in [0.25, 0.3) is 0 Å². The molecule has 1 aliphatic carbocycles. The summed E-state index contributed by atoms with van der Waals surface area (Å²) in [6.07, 6.45) is 7.90. The Kier molecular flexibility index (Phi) is 5.83. The van der Waals surface area contributed by atoms with Crippen LogP contribution in [-0.2, 0) is 17.8 Å². The van der Waals surface area contributed by atoms with E-state index in [9.17, 15) is 4.79 Å². The van der Waals surface area contributed by atoms with Crippen molar-refractivity contribution >= 4 is 17.2 Å². The van der Waals surface area contributed by atoms with E-state index in [0.717, 1.165) is 56.0 Å². The average molecular weight is 433 g/mol.